The minimum absolute atomic E-state index is 0.183. The molecule has 0 radical (unpaired) electrons. The molecule has 1 N–H and O–H groups in total. The van der Waals surface area contributed by atoms with Crippen LogP contribution in [0.3, 0.4) is 0 Å². The molecule has 18 heavy (non-hydrogen) atoms. The molecule has 1 fully saturated rings. The van der Waals surface area contributed by atoms with Gasteiger partial charge in [-0.1, -0.05) is 25.8 Å². The molecule has 1 aliphatic carbocycles. The van der Waals surface area contributed by atoms with Crippen molar-refractivity contribution in [2.45, 2.75) is 45.6 Å². The summed E-state index contributed by atoms with van der Waals surface area (Å²) in [7, 11) is 0. The van der Waals surface area contributed by atoms with Crippen LogP contribution >= 0.6 is 0 Å². The third kappa shape index (κ3) is 2.56. The van der Waals surface area contributed by atoms with Crippen LogP contribution in [0.25, 0.3) is 0 Å². The van der Waals surface area contributed by atoms with E-state index in [-0.39, 0.29) is 17.4 Å². The highest BCUT2D eigenvalue weighted by Crippen LogP contribution is 2.38. The van der Waals surface area contributed by atoms with E-state index >= 15 is 0 Å². The molecule has 1 aromatic carbocycles. The van der Waals surface area contributed by atoms with Crippen molar-refractivity contribution in [2.24, 2.45) is 5.92 Å². The van der Waals surface area contributed by atoms with Gasteiger partial charge in [0.25, 0.3) is 0 Å². The summed E-state index contributed by atoms with van der Waals surface area (Å²) in [6.07, 6.45) is 4.46. The van der Waals surface area contributed by atoms with E-state index in [0.717, 1.165) is 19.4 Å². The van der Waals surface area contributed by atoms with Gasteiger partial charge in [0.2, 0.25) is 0 Å². The molecule has 1 saturated carbocycles. The summed E-state index contributed by atoms with van der Waals surface area (Å²) in [6.45, 7) is 4.40. The van der Waals surface area contributed by atoms with Gasteiger partial charge in [0.15, 0.2) is 0 Å². The Labute approximate surface area is 108 Å². The van der Waals surface area contributed by atoms with Crippen molar-refractivity contribution in [3.63, 3.8) is 0 Å². The molecule has 0 bridgehead atoms. The maximum atomic E-state index is 14.2. The van der Waals surface area contributed by atoms with E-state index in [1.165, 1.54) is 25.0 Å². The Morgan fingerprint density at radius 2 is 1.94 bits per heavy atom. The van der Waals surface area contributed by atoms with Crippen molar-refractivity contribution in [1.82, 2.24) is 5.32 Å². The summed E-state index contributed by atoms with van der Waals surface area (Å²) in [5.74, 6) is -0.445. The van der Waals surface area contributed by atoms with Crippen molar-refractivity contribution in [1.29, 1.82) is 0 Å². The van der Waals surface area contributed by atoms with Crippen molar-refractivity contribution >= 4 is 0 Å². The fourth-order valence-corrected chi connectivity index (χ4v) is 2.98. The van der Waals surface area contributed by atoms with Crippen molar-refractivity contribution in [3.8, 4) is 0 Å². The average Bonchev–Trinajstić information content (AvgIpc) is 2.87. The predicted octanol–water partition coefficient (Wildman–Crippen LogP) is 4.11. The first-order valence-electron chi connectivity index (χ1n) is 6.83. The minimum Gasteiger partial charge on any atom is -0.310 e. The fourth-order valence-electron chi connectivity index (χ4n) is 2.98. The molecule has 0 aliphatic heterocycles. The summed E-state index contributed by atoms with van der Waals surface area (Å²) in [5, 5.41) is 3.27. The molecular weight excluding hydrogens is 232 g/mol. The molecule has 0 heterocycles. The van der Waals surface area contributed by atoms with Crippen LogP contribution in [0.1, 0.15) is 49.8 Å². The summed E-state index contributed by atoms with van der Waals surface area (Å²) < 4.78 is 28.2. The lowest BCUT2D eigenvalue weighted by Crippen LogP contribution is -2.29. The van der Waals surface area contributed by atoms with Crippen LogP contribution in [0.4, 0.5) is 8.78 Å². The number of aryl methyl sites for hydroxylation is 1. The standard InChI is InChI=1S/C15H21F2N/c1-3-18-15(11-6-4-5-7-11)13-12(16)9-8-10(2)14(13)17/h8-9,11,15,18H,3-7H2,1-2H3. The fraction of sp³-hybridized carbons (Fsp3) is 0.600. The topological polar surface area (TPSA) is 12.0 Å². The quantitative estimate of drug-likeness (QED) is 0.851. The van der Waals surface area contributed by atoms with Gasteiger partial charge >= 0.3 is 0 Å². The molecule has 100 valence electrons. The highest BCUT2D eigenvalue weighted by atomic mass is 19.1. The maximum absolute atomic E-state index is 14.2. The molecule has 3 heteroatoms. The normalized spacial score (nSPS) is 18.2. The van der Waals surface area contributed by atoms with Crippen LogP contribution in [0.15, 0.2) is 12.1 Å². The lowest BCUT2D eigenvalue weighted by Gasteiger charge is -2.26. The van der Waals surface area contributed by atoms with E-state index < -0.39 is 5.82 Å². The molecule has 1 unspecified atom stereocenters. The Balaban J connectivity index is 2.38. The smallest absolute Gasteiger partial charge is 0.133 e. The van der Waals surface area contributed by atoms with E-state index in [2.05, 4.69) is 5.32 Å². The molecule has 1 atom stereocenters. The lowest BCUT2D eigenvalue weighted by atomic mass is 9.90. The molecule has 1 nitrogen and oxygen atoms in total. The zero-order valence-electron chi connectivity index (χ0n) is 11.1. The molecule has 1 aliphatic rings. The van der Waals surface area contributed by atoms with Crippen LogP contribution < -0.4 is 5.32 Å². The van der Waals surface area contributed by atoms with Gasteiger partial charge in [0, 0.05) is 11.6 Å². The SMILES string of the molecule is CCNC(c1c(F)ccc(C)c1F)C1CCCC1. The van der Waals surface area contributed by atoms with Gasteiger partial charge in [-0.15, -0.1) is 0 Å². The van der Waals surface area contributed by atoms with Gasteiger partial charge in [-0.25, -0.2) is 8.78 Å². The maximum Gasteiger partial charge on any atom is 0.133 e. The van der Waals surface area contributed by atoms with Gasteiger partial charge in [0.1, 0.15) is 11.6 Å². The van der Waals surface area contributed by atoms with E-state index in [1.807, 2.05) is 6.92 Å². The Kier molecular flexibility index (Phi) is 4.33. The van der Waals surface area contributed by atoms with Gasteiger partial charge in [-0.3, -0.25) is 0 Å². The minimum atomic E-state index is -0.420. The first kappa shape index (κ1) is 13.5. The van der Waals surface area contributed by atoms with Crippen molar-refractivity contribution < 1.29 is 8.78 Å². The Hall–Kier alpha value is -0.960. The summed E-state index contributed by atoms with van der Waals surface area (Å²) in [6, 6.07) is 2.70. The number of hydrogen-bond acceptors (Lipinski definition) is 1. The lowest BCUT2D eigenvalue weighted by molar-refractivity contribution is 0.350. The van der Waals surface area contributed by atoms with Crippen LogP contribution in [-0.2, 0) is 0 Å². The van der Waals surface area contributed by atoms with E-state index in [4.69, 9.17) is 0 Å². The molecule has 0 saturated heterocycles. The molecule has 0 aromatic heterocycles. The number of rotatable bonds is 4. The van der Waals surface area contributed by atoms with Gasteiger partial charge in [0.05, 0.1) is 0 Å². The van der Waals surface area contributed by atoms with E-state index in [9.17, 15) is 8.78 Å². The third-order valence-corrected chi connectivity index (χ3v) is 3.93. The zero-order valence-corrected chi connectivity index (χ0v) is 11.1. The Morgan fingerprint density at radius 1 is 1.28 bits per heavy atom. The summed E-state index contributed by atoms with van der Waals surface area (Å²) in [5.41, 5.74) is 0.760. The van der Waals surface area contributed by atoms with Gasteiger partial charge in [-0.05, 0) is 43.9 Å². The van der Waals surface area contributed by atoms with Crippen LogP contribution in [0, 0.1) is 24.5 Å². The van der Waals surface area contributed by atoms with E-state index in [1.54, 1.807) is 6.92 Å². The second-order valence-corrected chi connectivity index (χ2v) is 5.17. The Morgan fingerprint density at radius 3 is 2.56 bits per heavy atom. The average molecular weight is 253 g/mol. The summed E-state index contributed by atoms with van der Waals surface area (Å²) >= 11 is 0. The predicted molar refractivity (Wildman–Crippen MR) is 69.5 cm³/mol. The first-order valence-corrected chi connectivity index (χ1v) is 6.83. The molecule has 0 amide bonds. The Bertz CT molecular complexity index is 411. The second-order valence-electron chi connectivity index (χ2n) is 5.17. The first-order chi connectivity index (χ1) is 8.65. The molecule has 1 aromatic rings. The second kappa shape index (κ2) is 5.79. The van der Waals surface area contributed by atoms with Crippen LogP contribution in [0.5, 0.6) is 0 Å². The highest BCUT2D eigenvalue weighted by molar-refractivity contribution is 5.30. The molecule has 0 spiro atoms. The monoisotopic (exact) mass is 253 g/mol. The molecular formula is C15H21F2N. The van der Waals surface area contributed by atoms with Crippen molar-refractivity contribution in [2.75, 3.05) is 6.54 Å². The number of nitrogens with one attached hydrogen (secondary N) is 1. The van der Waals surface area contributed by atoms with Crippen molar-refractivity contribution in [3.05, 3.63) is 34.9 Å². The zero-order chi connectivity index (χ0) is 13.1. The number of halogens is 2. The van der Waals surface area contributed by atoms with Gasteiger partial charge in [-0.2, -0.15) is 0 Å². The van der Waals surface area contributed by atoms with Crippen LogP contribution in [-0.4, -0.2) is 6.54 Å². The summed E-state index contributed by atoms with van der Waals surface area (Å²) in [4.78, 5) is 0. The van der Waals surface area contributed by atoms with Crippen LogP contribution in [0.2, 0.25) is 0 Å². The largest absolute Gasteiger partial charge is 0.310 e. The van der Waals surface area contributed by atoms with Gasteiger partial charge < -0.3 is 5.32 Å². The highest BCUT2D eigenvalue weighted by Gasteiger charge is 2.30. The third-order valence-electron chi connectivity index (χ3n) is 3.93. The van der Waals surface area contributed by atoms with E-state index in [0.29, 0.717) is 11.5 Å². The number of benzene rings is 1. The molecule has 2 rings (SSSR count). The number of hydrogen-bond donors (Lipinski definition) is 1.